The molecule has 0 aromatic carbocycles. The molecule has 5 nitrogen and oxygen atoms in total. The van der Waals surface area contributed by atoms with Crippen LogP contribution >= 0.6 is 0 Å². The molecule has 6 aliphatic carbocycles. The summed E-state index contributed by atoms with van der Waals surface area (Å²) < 4.78 is 0. The second kappa shape index (κ2) is 8.21. The van der Waals surface area contributed by atoms with Crippen molar-refractivity contribution in [1.29, 1.82) is 0 Å². The molecule has 0 aromatic heterocycles. The van der Waals surface area contributed by atoms with E-state index < -0.39 is 17.2 Å². The zero-order valence-electron chi connectivity index (χ0n) is 25.6. The first-order chi connectivity index (χ1) is 17.9. The minimum absolute atomic E-state index is 0.0430. The van der Waals surface area contributed by atoms with E-state index in [1.165, 1.54) is 24.8 Å². The van der Waals surface area contributed by atoms with Crippen LogP contribution < -0.4 is 5.32 Å². The van der Waals surface area contributed by atoms with Gasteiger partial charge in [-0.05, 0) is 103 Å². The summed E-state index contributed by atoms with van der Waals surface area (Å²) in [6, 6.07) is 0. The Morgan fingerprint density at radius 1 is 0.897 bits per heavy atom. The highest BCUT2D eigenvalue weighted by Gasteiger charge is 2.69. The molecule has 39 heavy (non-hydrogen) atoms. The van der Waals surface area contributed by atoms with Gasteiger partial charge in [-0.3, -0.25) is 9.59 Å². The van der Waals surface area contributed by atoms with Crippen molar-refractivity contribution in [2.45, 2.75) is 137 Å². The van der Waals surface area contributed by atoms with Gasteiger partial charge in [-0.25, -0.2) is 0 Å². The number of hydrogen-bond acceptors (Lipinski definition) is 4. The molecule has 6 rings (SSSR count). The van der Waals surface area contributed by atoms with Gasteiger partial charge in [0.25, 0.3) is 0 Å². The molecule has 0 aromatic rings. The van der Waals surface area contributed by atoms with Gasteiger partial charge in [0, 0.05) is 24.2 Å². The van der Waals surface area contributed by atoms with E-state index in [4.69, 9.17) is 0 Å². The van der Waals surface area contributed by atoms with Crippen molar-refractivity contribution in [1.82, 2.24) is 5.32 Å². The number of allylic oxidation sites excluding steroid dienone is 2. The van der Waals surface area contributed by atoms with Crippen molar-refractivity contribution in [2.24, 2.45) is 50.2 Å². The van der Waals surface area contributed by atoms with Crippen molar-refractivity contribution in [3.05, 3.63) is 11.6 Å². The maximum atomic E-state index is 14.4. The van der Waals surface area contributed by atoms with Crippen LogP contribution in [0.4, 0.5) is 0 Å². The number of carbonyl (C=O) groups excluding carboxylic acids is 2. The molecule has 5 fully saturated rings. The predicted octanol–water partition coefficient (Wildman–Crippen LogP) is 6.32. The van der Waals surface area contributed by atoms with Gasteiger partial charge in [-0.2, -0.15) is 0 Å². The third-order valence-corrected chi connectivity index (χ3v) is 14.4. The van der Waals surface area contributed by atoms with Crippen LogP contribution in [0.2, 0.25) is 0 Å². The second-order valence-electron chi connectivity index (χ2n) is 17.1. The van der Waals surface area contributed by atoms with Crippen LogP contribution in [0.1, 0.15) is 126 Å². The molecule has 8 atom stereocenters. The summed E-state index contributed by atoms with van der Waals surface area (Å²) in [6.45, 7) is 16.7. The first kappa shape index (κ1) is 27.9. The fraction of sp³-hybridized carbons (Fsp3) is 0.882. The topological polar surface area (TPSA) is 86.6 Å². The number of rotatable bonds is 2. The average molecular weight is 540 g/mol. The van der Waals surface area contributed by atoms with E-state index in [0.29, 0.717) is 11.7 Å². The summed E-state index contributed by atoms with van der Waals surface area (Å²) in [7, 11) is 0. The lowest BCUT2D eigenvalue weighted by Crippen LogP contribution is -2.66. The van der Waals surface area contributed by atoms with E-state index in [2.05, 4.69) is 59.9 Å². The van der Waals surface area contributed by atoms with Gasteiger partial charge in [-0.1, -0.05) is 60.5 Å². The van der Waals surface area contributed by atoms with E-state index in [0.717, 1.165) is 44.9 Å². The molecule has 0 heterocycles. The summed E-state index contributed by atoms with van der Waals surface area (Å²) >= 11 is 0. The molecule has 5 heteroatoms. The van der Waals surface area contributed by atoms with Crippen molar-refractivity contribution in [3.63, 3.8) is 0 Å². The van der Waals surface area contributed by atoms with Gasteiger partial charge in [0.15, 0.2) is 5.78 Å². The Hall–Kier alpha value is -1.20. The number of ketones is 1. The van der Waals surface area contributed by atoms with E-state index in [-0.39, 0.29) is 57.7 Å². The summed E-state index contributed by atoms with van der Waals surface area (Å²) in [5.41, 5.74) is -0.259. The molecule has 0 bridgehead atoms. The first-order valence-electron chi connectivity index (χ1n) is 15.9. The summed E-state index contributed by atoms with van der Waals surface area (Å²) in [4.78, 5) is 28.1. The Bertz CT molecular complexity index is 1120. The van der Waals surface area contributed by atoms with Gasteiger partial charge in [0.05, 0.1) is 6.10 Å². The van der Waals surface area contributed by atoms with Gasteiger partial charge in [0.2, 0.25) is 5.91 Å². The minimum Gasteiger partial charge on any atom is -0.393 e. The number of fused-ring (bicyclic) bond motifs is 7. The molecule has 0 spiro atoms. The maximum absolute atomic E-state index is 14.4. The zero-order valence-corrected chi connectivity index (χ0v) is 25.6. The molecule has 0 radical (unpaired) electrons. The van der Waals surface area contributed by atoms with Crippen LogP contribution in [0.5, 0.6) is 0 Å². The molecule has 0 aliphatic heterocycles. The number of aliphatic hydroxyl groups is 2. The third kappa shape index (κ3) is 3.70. The summed E-state index contributed by atoms with van der Waals surface area (Å²) in [5.74, 6) is 1.10. The second-order valence-corrected chi connectivity index (χ2v) is 17.1. The number of hydrogen-bond donors (Lipinski definition) is 3. The van der Waals surface area contributed by atoms with Crippen molar-refractivity contribution in [2.75, 3.05) is 0 Å². The highest BCUT2D eigenvalue weighted by molar-refractivity contribution is 5.95. The number of carbonyl (C=O) groups is 2. The van der Waals surface area contributed by atoms with Crippen LogP contribution in [-0.2, 0) is 9.59 Å². The van der Waals surface area contributed by atoms with E-state index in [1.54, 1.807) is 0 Å². The molecule has 6 aliphatic rings. The van der Waals surface area contributed by atoms with Crippen molar-refractivity contribution >= 4 is 11.7 Å². The Morgan fingerprint density at radius 3 is 2.23 bits per heavy atom. The molecule has 218 valence electrons. The first-order valence-corrected chi connectivity index (χ1v) is 15.9. The summed E-state index contributed by atoms with van der Waals surface area (Å²) in [6.07, 6.45) is 12.6. The van der Waals surface area contributed by atoms with Crippen molar-refractivity contribution < 1.29 is 19.8 Å². The summed E-state index contributed by atoms with van der Waals surface area (Å²) in [5, 5.41) is 23.3. The molecule has 5 saturated carbocycles. The average Bonchev–Trinajstić information content (AvgIpc) is 2.80. The van der Waals surface area contributed by atoms with Gasteiger partial charge in [0.1, 0.15) is 5.72 Å². The fourth-order valence-electron chi connectivity index (χ4n) is 11.7. The van der Waals surface area contributed by atoms with Crippen LogP contribution in [0, 0.1) is 50.2 Å². The van der Waals surface area contributed by atoms with Gasteiger partial charge in [-0.15, -0.1) is 0 Å². The molecule has 0 saturated heterocycles. The lowest BCUT2D eigenvalue weighted by atomic mass is 9.33. The van der Waals surface area contributed by atoms with Crippen LogP contribution in [0.15, 0.2) is 11.6 Å². The fourth-order valence-corrected chi connectivity index (χ4v) is 11.7. The molecular formula is C34H53NO4. The third-order valence-electron chi connectivity index (χ3n) is 14.4. The van der Waals surface area contributed by atoms with E-state index in [9.17, 15) is 19.8 Å². The number of aliphatic hydroxyl groups excluding tert-OH is 1. The van der Waals surface area contributed by atoms with Crippen LogP contribution in [0.3, 0.4) is 0 Å². The molecule has 1 amide bonds. The molecule has 3 N–H and O–H groups in total. The van der Waals surface area contributed by atoms with E-state index >= 15 is 0 Å². The smallest absolute Gasteiger partial charge is 0.228 e. The normalized spacial score (nSPS) is 54.2. The van der Waals surface area contributed by atoms with Crippen LogP contribution in [-0.4, -0.2) is 33.7 Å². The van der Waals surface area contributed by atoms with E-state index in [1.807, 2.05) is 0 Å². The Balaban J connectivity index is 1.36. The largest absolute Gasteiger partial charge is 0.393 e. The van der Waals surface area contributed by atoms with Gasteiger partial charge < -0.3 is 15.5 Å². The quantitative estimate of drug-likeness (QED) is 0.359. The Kier molecular flexibility index (Phi) is 5.88. The Morgan fingerprint density at radius 2 is 1.56 bits per heavy atom. The highest BCUT2D eigenvalue weighted by atomic mass is 16.3. The van der Waals surface area contributed by atoms with Gasteiger partial charge >= 0.3 is 0 Å². The zero-order chi connectivity index (χ0) is 28.4. The molecule has 1 unspecified atom stereocenters. The van der Waals surface area contributed by atoms with Crippen molar-refractivity contribution in [3.8, 4) is 0 Å². The minimum atomic E-state index is -1.29. The molecular weight excluding hydrogens is 486 g/mol. The SMILES string of the molecule is CC1(C)CCC[C@@]2(C)C1CC[C@]1(C)[C@@H]2C(=O)C=C2[C@H]3C[C@@](C)(C(=O)NC4(O)CC(O)C4)CC[C@]3(C)CC[C@]21C. The van der Waals surface area contributed by atoms with Crippen LogP contribution in [0.25, 0.3) is 0 Å². The lowest BCUT2D eigenvalue weighted by molar-refractivity contribution is -0.185. The number of nitrogens with one attached hydrogen (secondary N) is 1. The Labute approximate surface area is 236 Å². The predicted molar refractivity (Wildman–Crippen MR) is 152 cm³/mol. The lowest BCUT2D eigenvalue weighted by Gasteiger charge is -2.70. The monoisotopic (exact) mass is 539 g/mol. The number of amides is 1. The highest BCUT2D eigenvalue weighted by Crippen LogP contribution is 2.75. The standard InChI is InChI=1S/C34H53NO4/c1-28(2)10-8-11-31(5)25(28)9-12-33(7)26(31)24(37)17-22-23-20-30(4,27(38)35-34(39)18-21(36)19-34)14-13-29(23,3)15-16-32(22,33)6/h17,21,23,25-26,36,39H,8-16,18-20H2,1-7H3,(H,35,38)/t21?,23-,25?,26-,29-,30+,31+,32-,33-,34?/m1/s1. The maximum Gasteiger partial charge on any atom is 0.228 e.